The van der Waals surface area contributed by atoms with Crippen LogP contribution in [-0.2, 0) is 0 Å². The molecule has 0 saturated heterocycles. The minimum absolute atomic E-state index is 0.0204. The van der Waals surface area contributed by atoms with Crippen molar-refractivity contribution >= 4 is 40.0 Å². The first-order valence-electron chi connectivity index (χ1n) is 4.74. The molecule has 2 heterocycles. The van der Waals surface area contributed by atoms with Gasteiger partial charge in [0, 0.05) is 0 Å². The largest absolute Gasteiger partial charge is 0.478 e. The van der Waals surface area contributed by atoms with Crippen LogP contribution in [0.15, 0.2) is 16.7 Å². The lowest BCUT2D eigenvalue weighted by molar-refractivity contribution is 0.0697. The van der Waals surface area contributed by atoms with E-state index in [0.717, 1.165) is 11.5 Å². The second-order valence-corrected chi connectivity index (χ2v) is 4.46. The van der Waals surface area contributed by atoms with E-state index < -0.39 is 11.9 Å². The first-order valence-corrected chi connectivity index (χ1v) is 5.89. The third-order valence-electron chi connectivity index (χ3n) is 2.17. The predicted molar refractivity (Wildman–Crippen MR) is 65.5 cm³/mol. The standard InChI is InChI=1S/C10H7ClN2O4S/c1-4-6(10(15)16)9(18-13-4)12-8(14)5-2-3-17-7(5)11/h2-3H,1H3,(H,12,14)(H,15,16). The average Bonchev–Trinajstić information content (AvgIpc) is 2.85. The van der Waals surface area contributed by atoms with Gasteiger partial charge in [-0.2, -0.15) is 4.37 Å². The van der Waals surface area contributed by atoms with E-state index in [-0.39, 0.29) is 21.3 Å². The van der Waals surface area contributed by atoms with Crippen molar-refractivity contribution in [2.24, 2.45) is 0 Å². The zero-order chi connectivity index (χ0) is 13.3. The number of aromatic nitrogens is 1. The zero-order valence-corrected chi connectivity index (χ0v) is 10.6. The highest BCUT2D eigenvalue weighted by Gasteiger charge is 2.21. The van der Waals surface area contributed by atoms with Crippen LogP contribution in [0.2, 0.25) is 5.22 Å². The molecule has 0 bridgehead atoms. The number of carboxylic acid groups (broad SMARTS) is 1. The van der Waals surface area contributed by atoms with E-state index in [9.17, 15) is 9.59 Å². The van der Waals surface area contributed by atoms with Gasteiger partial charge in [-0.15, -0.1) is 0 Å². The van der Waals surface area contributed by atoms with Crippen LogP contribution in [0.5, 0.6) is 0 Å². The Labute approximate surface area is 110 Å². The number of hydrogen-bond donors (Lipinski definition) is 2. The molecule has 18 heavy (non-hydrogen) atoms. The second-order valence-electron chi connectivity index (χ2n) is 3.34. The molecular formula is C10H7ClN2O4S. The van der Waals surface area contributed by atoms with E-state index >= 15 is 0 Å². The number of amides is 1. The van der Waals surface area contributed by atoms with Crippen LogP contribution in [0.1, 0.15) is 26.4 Å². The number of halogens is 1. The van der Waals surface area contributed by atoms with E-state index in [2.05, 4.69) is 9.69 Å². The molecule has 0 unspecified atom stereocenters. The van der Waals surface area contributed by atoms with Gasteiger partial charge in [0.25, 0.3) is 5.91 Å². The summed E-state index contributed by atoms with van der Waals surface area (Å²) < 4.78 is 8.67. The Bertz CT molecular complexity index is 619. The summed E-state index contributed by atoms with van der Waals surface area (Å²) in [6.45, 7) is 1.56. The highest BCUT2D eigenvalue weighted by Crippen LogP contribution is 2.26. The van der Waals surface area contributed by atoms with E-state index in [0.29, 0.717) is 5.69 Å². The van der Waals surface area contributed by atoms with Gasteiger partial charge in [0.1, 0.15) is 10.6 Å². The van der Waals surface area contributed by atoms with E-state index in [1.807, 2.05) is 0 Å². The number of aryl methyl sites for hydroxylation is 1. The molecule has 0 spiro atoms. The molecule has 0 atom stereocenters. The number of carbonyl (C=O) groups excluding carboxylic acids is 1. The van der Waals surface area contributed by atoms with Crippen molar-refractivity contribution in [3.05, 3.63) is 34.4 Å². The number of nitrogens with zero attached hydrogens (tertiary/aromatic N) is 1. The van der Waals surface area contributed by atoms with Crippen LogP contribution in [-0.4, -0.2) is 21.4 Å². The Morgan fingerprint density at radius 3 is 2.83 bits per heavy atom. The molecule has 0 aliphatic rings. The Morgan fingerprint density at radius 1 is 1.56 bits per heavy atom. The molecule has 1 amide bonds. The van der Waals surface area contributed by atoms with Crippen molar-refractivity contribution in [3.63, 3.8) is 0 Å². The van der Waals surface area contributed by atoms with Gasteiger partial charge in [-0.3, -0.25) is 4.79 Å². The Kier molecular flexibility index (Phi) is 3.35. The molecular weight excluding hydrogens is 280 g/mol. The number of rotatable bonds is 3. The van der Waals surface area contributed by atoms with Crippen molar-refractivity contribution in [1.82, 2.24) is 4.37 Å². The first-order chi connectivity index (χ1) is 8.50. The van der Waals surface area contributed by atoms with Crippen molar-refractivity contribution in [1.29, 1.82) is 0 Å². The van der Waals surface area contributed by atoms with Gasteiger partial charge < -0.3 is 14.8 Å². The summed E-state index contributed by atoms with van der Waals surface area (Å²) in [5.74, 6) is -1.69. The number of nitrogens with one attached hydrogen (secondary N) is 1. The minimum atomic E-state index is -1.14. The zero-order valence-electron chi connectivity index (χ0n) is 9.06. The number of anilines is 1. The average molecular weight is 287 g/mol. The summed E-state index contributed by atoms with van der Waals surface area (Å²) in [6.07, 6.45) is 1.27. The summed E-state index contributed by atoms with van der Waals surface area (Å²) in [5.41, 5.74) is 0.466. The summed E-state index contributed by atoms with van der Waals surface area (Å²) in [4.78, 5) is 22.8. The summed E-state index contributed by atoms with van der Waals surface area (Å²) in [6, 6.07) is 1.39. The van der Waals surface area contributed by atoms with Crippen LogP contribution in [0, 0.1) is 6.92 Å². The van der Waals surface area contributed by atoms with E-state index in [1.54, 1.807) is 6.92 Å². The fraction of sp³-hybridized carbons (Fsp3) is 0.100. The number of hydrogen-bond acceptors (Lipinski definition) is 5. The minimum Gasteiger partial charge on any atom is -0.478 e. The van der Waals surface area contributed by atoms with Crippen LogP contribution >= 0.6 is 23.1 Å². The molecule has 2 N–H and O–H groups in total. The smallest absolute Gasteiger partial charge is 0.340 e. The molecule has 2 aromatic heterocycles. The third-order valence-corrected chi connectivity index (χ3v) is 3.31. The summed E-state index contributed by atoms with van der Waals surface area (Å²) >= 11 is 6.55. The fourth-order valence-electron chi connectivity index (χ4n) is 1.33. The lowest BCUT2D eigenvalue weighted by Gasteiger charge is -2.01. The SMILES string of the molecule is Cc1nsc(NC(=O)c2ccoc2Cl)c1C(=O)O. The van der Waals surface area contributed by atoms with Crippen molar-refractivity contribution < 1.29 is 19.1 Å². The lowest BCUT2D eigenvalue weighted by atomic mass is 10.2. The molecule has 0 aliphatic heterocycles. The molecule has 2 aromatic rings. The summed E-state index contributed by atoms with van der Waals surface area (Å²) in [5, 5.41) is 11.6. The fourth-order valence-corrected chi connectivity index (χ4v) is 2.32. The van der Waals surface area contributed by atoms with E-state index in [4.69, 9.17) is 21.1 Å². The highest BCUT2D eigenvalue weighted by atomic mass is 35.5. The molecule has 0 aromatic carbocycles. The van der Waals surface area contributed by atoms with Crippen molar-refractivity contribution in [3.8, 4) is 0 Å². The number of carbonyl (C=O) groups is 2. The van der Waals surface area contributed by atoms with Gasteiger partial charge in [0.15, 0.2) is 0 Å². The van der Waals surface area contributed by atoms with Gasteiger partial charge in [-0.1, -0.05) is 0 Å². The third kappa shape index (κ3) is 2.22. The van der Waals surface area contributed by atoms with Crippen LogP contribution in [0.4, 0.5) is 5.00 Å². The Morgan fingerprint density at radius 2 is 2.28 bits per heavy atom. The van der Waals surface area contributed by atoms with Crippen molar-refractivity contribution in [2.75, 3.05) is 5.32 Å². The lowest BCUT2D eigenvalue weighted by Crippen LogP contribution is -2.13. The Balaban J connectivity index is 2.28. The molecule has 0 saturated carbocycles. The number of aromatic carboxylic acids is 1. The van der Waals surface area contributed by atoms with E-state index in [1.165, 1.54) is 12.3 Å². The topological polar surface area (TPSA) is 92.4 Å². The summed E-state index contributed by atoms with van der Waals surface area (Å²) in [7, 11) is 0. The number of furan rings is 1. The molecule has 94 valence electrons. The van der Waals surface area contributed by atoms with Gasteiger partial charge in [0.05, 0.1) is 17.5 Å². The maximum atomic E-state index is 11.8. The maximum absolute atomic E-state index is 11.8. The van der Waals surface area contributed by atoms with Gasteiger partial charge in [-0.25, -0.2) is 4.79 Å². The normalized spacial score (nSPS) is 10.3. The number of carboxylic acids is 1. The highest BCUT2D eigenvalue weighted by molar-refractivity contribution is 7.11. The first kappa shape index (κ1) is 12.6. The molecule has 2 rings (SSSR count). The molecule has 0 radical (unpaired) electrons. The van der Waals surface area contributed by atoms with Gasteiger partial charge in [-0.05, 0) is 36.1 Å². The second kappa shape index (κ2) is 4.79. The Hall–Kier alpha value is -1.86. The quantitative estimate of drug-likeness (QED) is 0.905. The molecule has 6 nitrogen and oxygen atoms in total. The van der Waals surface area contributed by atoms with Crippen LogP contribution < -0.4 is 5.32 Å². The molecule has 0 aliphatic carbocycles. The predicted octanol–water partition coefficient (Wildman–Crippen LogP) is 2.65. The monoisotopic (exact) mass is 286 g/mol. The van der Waals surface area contributed by atoms with Gasteiger partial charge in [0.2, 0.25) is 5.22 Å². The van der Waals surface area contributed by atoms with Crippen LogP contribution in [0.25, 0.3) is 0 Å². The molecule has 0 fully saturated rings. The van der Waals surface area contributed by atoms with Crippen molar-refractivity contribution in [2.45, 2.75) is 6.92 Å². The van der Waals surface area contributed by atoms with Gasteiger partial charge >= 0.3 is 5.97 Å². The van der Waals surface area contributed by atoms with Crippen LogP contribution in [0.3, 0.4) is 0 Å². The molecule has 8 heteroatoms. The maximum Gasteiger partial charge on any atom is 0.340 e.